The van der Waals surface area contributed by atoms with Gasteiger partial charge in [-0.1, -0.05) is 19.0 Å². The Hall–Kier alpha value is -1.59. The van der Waals surface area contributed by atoms with Crippen molar-refractivity contribution in [1.29, 1.82) is 0 Å². The van der Waals surface area contributed by atoms with Gasteiger partial charge < -0.3 is 15.2 Å². The third-order valence-electron chi connectivity index (χ3n) is 3.06. The third-order valence-corrected chi connectivity index (χ3v) is 3.06. The second-order valence-electron chi connectivity index (χ2n) is 5.03. The largest absolute Gasteiger partial charge is 0.370 e. The molecule has 0 aromatic carbocycles. The highest BCUT2D eigenvalue weighted by Crippen LogP contribution is 2.24. The number of nitrogens with two attached hydrogens (primary N) is 1. The zero-order chi connectivity index (χ0) is 13.1. The molecule has 6 nitrogen and oxygen atoms in total. The topological polar surface area (TPSA) is 80.5 Å². The molecule has 100 valence electrons. The summed E-state index contributed by atoms with van der Waals surface area (Å²) in [7, 11) is 1.99. The van der Waals surface area contributed by atoms with Crippen molar-refractivity contribution in [3.05, 3.63) is 11.7 Å². The van der Waals surface area contributed by atoms with Crippen molar-refractivity contribution in [2.45, 2.75) is 45.1 Å². The van der Waals surface area contributed by atoms with E-state index in [9.17, 15) is 0 Å². The van der Waals surface area contributed by atoms with E-state index < -0.39 is 0 Å². The van der Waals surface area contributed by atoms with Gasteiger partial charge in [-0.2, -0.15) is 4.98 Å². The van der Waals surface area contributed by atoms with Gasteiger partial charge >= 0.3 is 0 Å². The van der Waals surface area contributed by atoms with Crippen molar-refractivity contribution in [1.82, 2.24) is 15.0 Å². The van der Waals surface area contributed by atoms with E-state index in [2.05, 4.69) is 15.1 Å². The Morgan fingerprint density at radius 3 is 2.83 bits per heavy atom. The van der Waals surface area contributed by atoms with Crippen LogP contribution >= 0.6 is 0 Å². The molecular weight excluding hydrogens is 230 g/mol. The number of hydrogen-bond donors (Lipinski definition) is 1. The quantitative estimate of drug-likeness (QED) is 0.627. The van der Waals surface area contributed by atoms with Crippen molar-refractivity contribution in [3.63, 3.8) is 0 Å². The van der Waals surface area contributed by atoms with Gasteiger partial charge in [0, 0.05) is 25.4 Å². The molecule has 0 radical (unpaired) electrons. The summed E-state index contributed by atoms with van der Waals surface area (Å²) in [5.74, 6) is 2.26. The molecule has 1 heterocycles. The molecule has 2 N–H and O–H groups in total. The molecule has 6 heteroatoms. The van der Waals surface area contributed by atoms with Gasteiger partial charge in [0.05, 0.1) is 6.54 Å². The van der Waals surface area contributed by atoms with Crippen LogP contribution in [0.4, 0.5) is 0 Å². The molecule has 0 amide bonds. The van der Waals surface area contributed by atoms with Gasteiger partial charge in [-0.3, -0.25) is 4.99 Å². The summed E-state index contributed by atoms with van der Waals surface area (Å²) in [6.45, 7) is 4.66. The van der Waals surface area contributed by atoms with Crippen LogP contribution in [-0.4, -0.2) is 40.6 Å². The lowest BCUT2D eigenvalue weighted by molar-refractivity contribution is 0.372. The zero-order valence-electron chi connectivity index (χ0n) is 11.3. The number of aliphatic imine (C=N–C) groups is 1. The number of guanidine groups is 1. The fourth-order valence-electron chi connectivity index (χ4n) is 1.63. The van der Waals surface area contributed by atoms with Crippen LogP contribution in [0.5, 0.6) is 0 Å². The molecule has 1 saturated carbocycles. The predicted molar refractivity (Wildman–Crippen MR) is 69.4 cm³/mol. The van der Waals surface area contributed by atoms with Crippen molar-refractivity contribution in [2.75, 3.05) is 13.6 Å². The zero-order valence-corrected chi connectivity index (χ0v) is 11.3. The number of rotatable bonds is 5. The molecule has 1 fully saturated rings. The molecule has 1 aromatic rings. The molecule has 1 aliphatic rings. The maximum Gasteiger partial charge on any atom is 0.228 e. The third kappa shape index (κ3) is 3.21. The molecule has 0 spiro atoms. The summed E-state index contributed by atoms with van der Waals surface area (Å²) in [5.41, 5.74) is 5.89. The Bertz CT molecular complexity index is 422. The van der Waals surface area contributed by atoms with Gasteiger partial charge in [0.15, 0.2) is 11.8 Å². The van der Waals surface area contributed by atoms with Crippen LogP contribution in [0, 0.1) is 0 Å². The van der Waals surface area contributed by atoms with Crippen molar-refractivity contribution in [2.24, 2.45) is 10.7 Å². The molecule has 1 aromatic heterocycles. The number of hydrogen-bond acceptors (Lipinski definition) is 4. The first-order chi connectivity index (χ1) is 8.58. The maximum absolute atomic E-state index is 5.89. The lowest BCUT2D eigenvalue weighted by atomic mass is 10.2. The fourth-order valence-corrected chi connectivity index (χ4v) is 1.63. The first-order valence-electron chi connectivity index (χ1n) is 6.43. The smallest absolute Gasteiger partial charge is 0.228 e. The molecule has 18 heavy (non-hydrogen) atoms. The van der Waals surface area contributed by atoms with E-state index in [1.54, 1.807) is 0 Å². The first-order valence-corrected chi connectivity index (χ1v) is 6.43. The van der Waals surface area contributed by atoms with Crippen LogP contribution < -0.4 is 5.73 Å². The Morgan fingerprint density at radius 2 is 2.28 bits per heavy atom. The van der Waals surface area contributed by atoms with Crippen LogP contribution in [0.15, 0.2) is 9.52 Å². The van der Waals surface area contributed by atoms with E-state index in [1.165, 1.54) is 12.8 Å². The van der Waals surface area contributed by atoms with Gasteiger partial charge in [0.25, 0.3) is 0 Å². The van der Waals surface area contributed by atoms with Crippen LogP contribution in [0.3, 0.4) is 0 Å². The van der Waals surface area contributed by atoms with Crippen molar-refractivity contribution in [3.8, 4) is 0 Å². The molecule has 0 unspecified atom stereocenters. The average Bonchev–Trinajstić information content (AvgIpc) is 3.07. The first kappa shape index (κ1) is 12.9. The van der Waals surface area contributed by atoms with E-state index >= 15 is 0 Å². The standard InChI is InChI=1S/C12H21N5O/c1-8(2)11-15-10(18-16-11)6-7-14-12(13)17(3)9-4-5-9/h8-9H,4-7H2,1-3H3,(H2,13,14). The van der Waals surface area contributed by atoms with Crippen molar-refractivity contribution >= 4 is 5.96 Å². The monoisotopic (exact) mass is 251 g/mol. The SMILES string of the molecule is CC(C)c1noc(CCN=C(N)N(C)C2CC2)n1. The average molecular weight is 251 g/mol. The highest BCUT2D eigenvalue weighted by atomic mass is 16.5. The van der Waals surface area contributed by atoms with Crippen LogP contribution in [0.2, 0.25) is 0 Å². The molecule has 0 bridgehead atoms. The summed E-state index contributed by atoms with van der Waals surface area (Å²) in [4.78, 5) is 10.7. The number of nitrogens with zero attached hydrogens (tertiary/aromatic N) is 4. The van der Waals surface area contributed by atoms with Gasteiger partial charge in [-0.05, 0) is 12.8 Å². The van der Waals surface area contributed by atoms with E-state index in [0.717, 1.165) is 5.82 Å². The molecule has 0 saturated heterocycles. The fraction of sp³-hybridized carbons (Fsp3) is 0.750. The van der Waals surface area contributed by atoms with Crippen LogP contribution in [0.25, 0.3) is 0 Å². The lowest BCUT2D eigenvalue weighted by Gasteiger charge is -2.16. The minimum absolute atomic E-state index is 0.289. The van der Waals surface area contributed by atoms with Gasteiger partial charge in [-0.25, -0.2) is 0 Å². The highest BCUT2D eigenvalue weighted by Gasteiger charge is 2.27. The molecule has 0 aliphatic heterocycles. The minimum atomic E-state index is 0.289. The van der Waals surface area contributed by atoms with E-state index in [1.807, 2.05) is 25.8 Å². The van der Waals surface area contributed by atoms with Gasteiger partial charge in [0.2, 0.25) is 5.89 Å². The Labute approximate surface area is 107 Å². The second kappa shape index (κ2) is 5.37. The Morgan fingerprint density at radius 1 is 1.56 bits per heavy atom. The summed E-state index contributed by atoms with van der Waals surface area (Å²) in [6.07, 6.45) is 3.07. The second-order valence-corrected chi connectivity index (χ2v) is 5.03. The van der Waals surface area contributed by atoms with Gasteiger partial charge in [0.1, 0.15) is 0 Å². The molecule has 0 atom stereocenters. The van der Waals surface area contributed by atoms with E-state index in [-0.39, 0.29) is 5.92 Å². The Balaban J connectivity index is 1.81. The molecular formula is C12H21N5O. The van der Waals surface area contributed by atoms with Crippen LogP contribution in [-0.2, 0) is 6.42 Å². The normalized spacial score (nSPS) is 16.3. The number of aromatic nitrogens is 2. The van der Waals surface area contributed by atoms with E-state index in [4.69, 9.17) is 10.3 Å². The Kier molecular flexibility index (Phi) is 3.84. The summed E-state index contributed by atoms with van der Waals surface area (Å²) >= 11 is 0. The van der Waals surface area contributed by atoms with Gasteiger partial charge in [-0.15, -0.1) is 0 Å². The molecule has 1 aliphatic carbocycles. The summed E-state index contributed by atoms with van der Waals surface area (Å²) in [6, 6.07) is 0.588. The van der Waals surface area contributed by atoms with Crippen molar-refractivity contribution < 1.29 is 4.52 Å². The minimum Gasteiger partial charge on any atom is -0.370 e. The predicted octanol–water partition coefficient (Wildman–Crippen LogP) is 1.14. The molecule has 2 rings (SSSR count). The summed E-state index contributed by atoms with van der Waals surface area (Å²) < 4.78 is 5.14. The highest BCUT2D eigenvalue weighted by molar-refractivity contribution is 5.78. The van der Waals surface area contributed by atoms with E-state index in [0.29, 0.717) is 30.9 Å². The summed E-state index contributed by atoms with van der Waals surface area (Å²) in [5, 5.41) is 3.91. The lowest BCUT2D eigenvalue weighted by Crippen LogP contribution is -2.35. The maximum atomic E-state index is 5.89. The van der Waals surface area contributed by atoms with Crippen LogP contribution in [0.1, 0.15) is 44.3 Å².